The van der Waals surface area contributed by atoms with Crippen LogP contribution in [-0.2, 0) is 11.3 Å². The lowest BCUT2D eigenvalue weighted by Gasteiger charge is -2.38. The van der Waals surface area contributed by atoms with Gasteiger partial charge in [0.05, 0.1) is 15.6 Å². The Morgan fingerprint density at radius 1 is 1.13 bits per heavy atom. The highest BCUT2D eigenvalue weighted by Gasteiger charge is 2.43. The maximum Gasteiger partial charge on any atom is 0.335 e. The van der Waals surface area contributed by atoms with Crippen LogP contribution >= 0.6 is 23.2 Å². The average molecular weight is 448 g/mol. The van der Waals surface area contributed by atoms with Gasteiger partial charge in [-0.1, -0.05) is 65.7 Å². The predicted molar refractivity (Wildman–Crippen MR) is 113 cm³/mol. The van der Waals surface area contributed by atoms with Gasteiger partial charge in [-0.2, -0.15) is 0 Å². The summed E-state index contributed by atoms with van der Waals surface area (Å²) in [6.45, 7) is 1.69. The second-order valence-electron chi connectivity index (χ2n) is 6.81. The summed E-state index contributed by atoms with van der Waals surface area (Å²) in [7, 11) is 1.53. The van der Waals surface area contributed by atoms with Gasteiger partial charge in [0, 0.05) is 24.9 Å². The fourth-order valence-corrected chi connectivity index (χ4v) is 3.76. The number of urea groups is 2. The number of benzene rings is 2. The number of allylic oxidation sites excluding steroid dienone is 1. The molecule has 4 amide bonds. The summed E-state index contributed by atoms with van der Waals surface area (Å²) < 4.78 is 0. The maximum absolute atomic E-state index is 13.3. The molecule has 2 N–H and O–H groups in total. The van der Waals surface area contributed by atoms with Crippen LogP contribution < -0.4 is 5.32 Å². The number of aliphatic carboxylic acids is 1. The van der Waals surface area contributed by atoms with Crippen molar-refractivity contribution < 1.29 is 19.5 Å². The van der Waals surface area contributed by atoms with Crippen LogP contribution in [0.25, 0.3) is 0 Å². The van der Waals surface area contributed by atoms with E-state index in [2.05, 4.69) is 5.32 Å². The molecule has 2 aromatic carbocycles. The maximum atomic E-state index is 13.3. The minimum absolute atomic E-state index is 0.0777. The van der Waals surface area contributed by atoms with Gasteiger partial charge in [0.2, 0.25) is 0 Å². The molecule has 30 heavy (non-hydrogen) atoms. The minimum Gasteiger partial charge on any atom is -0.478 e. The van der Waals surface area contributed by atoms with Crippen LogP contribution in [0.1, 0.15) is 24.1 Å². The number of carbonyl (C=O) groups excluding carboxylic acids is 2. The number of rotatable bonds is 4. The predicted octanol–water partition coefficient (Wildman–Crippen LogP) is 4.67. The number of carbonyl (C=O) groups is 3. The zero-order valence-corrected chi connectivity index (χ0v) is 17.7. The number of halogens is 2. The molecule has 1 aliphatic heterocycles. The van der Waals surface area contributed by atoms with Crippen molar-refractivity contribution in [3.63, 3.8) is 0 Å². The van der Waals surface area contributed by atoms with Crippen molar-refractivity contribution in [2.45, 2.75) is 19.5 Å². The smallest absolute Gasteiger partial charge is 0.335 e. The Labute approximate surface area is 183 Å². The molecule has 1 aliphatic rings. The van der Waals surface area contributed by atoms with Crippen LogP contribution in [0.3, 0.4) is 0 Å². The van der Waals surface area contributed by atoms with E-state index < -0.39 is 24.1 Å². The molecule has 0 spiro atoms. The zero-order chi connectivity index (χ0) is 22.0. The molecular formula is C21H19Cl2N3O4. The Morgan fingerprint density at radius 3 is 2.43 bits per heavy atom. The lowest BCUT2D eigenvalue weighted by atomic mass is 9.94. The molecule has 0 aromatic heterocycles. The monoisotopic (exact) mass is 447 g/mol. The lowest BCUT2D eigenvalue weighted by molar-refractivity contribution is -0.133. The van der Waals surface area contributed by atoms with Gasteiger partial charge in [-0.05, 0) is 18.6 Å². The fourth-order valence-electron chi connectivity index (χ4n) is 3.35. The summed E-state index contributed by atoms with van der Waals surface area (Å²) in [5.41, 5.74) is 1.06. The Balaban J connectivity index is 2.08. The highest BCUT2D eigenvalue weighted by molar-refractivity contribution is 6.42. The molecule has 0 radical (unpaired) electrons. The van der Waals surface area contributed by atoms with Crippen molar-refractivity contribution in [3.05, 3.63) is 81.0 Å². The van der Waals surface area contributed by atoms with Crippen LogP contribution in [0.2, 0.25) is 10.0 Å². The van der Waals surface area contributed by atoms with Gasteiger partial charge in [0.1, 0.15) is 6.04 Å². The number of carboxylic acid groups (broad SMARTS) is 1. The van der Waals surface area contributed by atoms with Gasteiger partial charge in [-0.15, -0.1) is 0 Å². The largest absolute Gasteiger partial charge is 0.478 e. The van der Waals surface area contributed by atoms with Gasteiger partial charge in [-0.25, -0.2) is 19.3 Å². The summed E-state index contributed by atoms with van der Waals surface area (Å²) in [6, 6.07) is 11.2. The van der Waals surface area contributed by atoms with Crippen molar-refractivity contribution in [1.29, 1.82) is 0 Å². The molecule has 0 saturated heterocycles. The average Bonchev–Trinajstić information content (AvgIpc) is 2.69. The molecule has 0 saturated carbocycles. The van der Waals surface area contributed by atoms with Crippen LogP contribution in [-0.4, -0.2) is 40.0 Å². The topological polar surface area (TPSA) is 90.0 Å². The Bertz CT molecular complexity index is 1040. The number of hydrogen-bond acceptors (Lipinski definition) is 3. The molecule has 7 nitrogen and oxygen atoms in total. The normalized spacial score (nSPS) is 16.3. The summed E-state index contributed by atoms with van der Waals surface area (Å²) in [5, 5.41) is 12.5. The van der Waals surface area contributed by atoms with Crippen LogP contribution in [0, 0.1) is 0 Å². The minimum atomic E-state index is -1.28. The standard InChI is InChI=1S/C21H19Cl2N3O4/c1-12-16(19(27)28)18(14-9-6-10-15(22)17(14)23)26(20(29)24-12)21(30)25(2)11-13-7-4-3-5-8-13/h3-10,18H,11H2,1-2H3,(H,24,29)(H,27,28). The Morgan fingerprint density at radius 2 is 1.80 bits per heavy atom. The first kappa shape index (κ1) is 21.7. The van der Waals surface area contributed by atoms with Crippen molar-refractivity contribution >= 4 is 41.2 Å². The molecule has 1 atom stereocenters. The van der Waals surface area contributed by atoms with E-state index >= 15 is 0 Å². The molecule has 0 aliphatic carbocycles. The first-order valence-electron chi connectivity index (χ1n) is 8.99. The van der Waals surface area contributed by atoms with Gasteiger partial charge < -0.3 is 15.3 Å². The molecular weight excluding hydrogens is 429 g/mol. The van der Waals surface area contributed by atoms with Gasteiger partial charge in [0.25, 0.3) is 0 Å². The van der Waals surface area contributed by atoms with Crippen molar-refractivity contribution in [1.82, 2.24) is 15.1 Å². The van der Waals surface area contributed by atoms with E-state index in [1.807, 2.05) is 30.3 Å². The third kappa shape index (κ3) is 4.13. The first-order chi connectivity index (χ1) is 14.2. The Hall–Kier alpha value is -3.03. The van der Waals surface area contributed by atoms with Crippen molar-refractivity contribution in [3.8, 4) is 0 Å². The zero-order valence-electron chi connectivity index (χ0n) is 16.2. The summed E-state index contributed by atoms with van der Waals surface area (Å²) in [5.74, 6) is -1.28. The van der Waals surface area contributed by atoms with Gasteiger partial charge in [-0.3, -0.25) is 0 Å². The lowest BCUT2D eigenvalue weighted by Crippen LogP contribution is -2.54. The molecule has 9 heteroatoms. The second-order valence-corrected chi connectivity index (χ2v) is 7.60. The van der Waals surface area contributed by atoms with Crippen LogP contribution in [0.15, 0.2) is 59.8 Å². The van der Waals surface area contributed by atoms with Gasteiger partial charge >= 0.3 is 18.0 Å². The second kappa shape index (κ2) is 8.77. The van der Waals surface area contributed by atoms with Crippen molar-refractivity contribution in [2.75, 3.05) is 7.05 Å². The summed E-state index contributed by atoms with van der Waals surface area (Å²) in [6.07, 6.45) is 0. The quantitative estimate of drug-likeness (QED) is 0.712. The van der Waals surface area contributed by atoms with Gasteiger partial charge in [0.15, 0.2) is 0 Å². The van der Waals surface area contributed by atoms with E-state index in [0.29, 0.717) is 0 Å². The highest BCUT2D eigenvalue weighted by Crippen LogP contribution is 2.40. The molecule has 3 rings (SSSR count). The number of carboxylic acids is 1. The number of nitrogens with zero attached hydrogens (tertiary/aromatic N) is 2. The summed E-state index contributed by atoms with van der Waals surface area (Å²) in [4.78, 5) is 40.3. The summed E-state index contributed by atoms with van der Waals surface area (Å²) >= 11 is 12.5. The number of amides is 4. The van der Waals surface area contributed by atoms with Crippen LogP contribution in [0.4, 0.5) is 9.59 Å². The SMILES string of the molecule is CC1=C(C(=O)O)C(c2cccc(Cl)c2Cl)N(C(=O)N(C)Cc2ccccc2)C(=O)N1. The molecule has 156 valence electrons. The number of imide groups is 1. The molecule has 2 aromatic rings. The molecule has 0 bridgehead atoms. The molecule has 1 heterocycles. The van der Waals surface area contributed by atoms with E-state index in [-0.39, 0.29) is 33.4 Å². The van der Waals surface area contributed by atoms with E-state index in [1.54, 1.807) is 18.2 Å². The third-order valence-corrected chi connectivity index (χ3v) is 5.58. The first-order valence-corrected chi connectivity index (χ1v) is 9.75. The van der Waals surface area contributed by atoms with Crippen LogP contribution in [0.5, 0.6) is 0 Å². The van der Waals surface area contributed by atoms with Crippen molar-refractivity contribution in [2.24, 2.45) is 0 Å². The molecule has 0 fully saturated rings. The van der Waals surface area contributed by atoms with E-state index in [1.165, 1.54) is 18.9 Å². The van der Waals surface area contributed by atoms with E-state index in [4.69, 9.17) is 23.2 Å². The number of nitrogens with one attached hydrogen (secondary N) is 1. The molecule has 1 unspecified atom stereocenters. The Kier molecular flexibility index (Phi) is 6.34. The number of hydrogen-bond donors (Lipinski definition) is 2. The third-order valence-electron chi connectivity index (χ3n) is 4.75. The highest BCUT2D eigenvalue weighted by atomic mass is 35.5. The fraction of sp³-hybridized carbons (Fsp3) is 0.190. The van der Waals surface area contributed by atoms with E-state index in [9.17, 15) is 19.5 Å². The van der Waals surface area contributed by atoms with E-state index in [0.717, 1.165) is 10.5 Å².